The predicted molar refractivity (Wildman–Crippen MR) is 117 cm³/mol. The lowest BCUT2D eigenvalue weighted by atomic mass is 10.1. The Morgan fingerprint density at radius 3 is 2.09 bits per heavy atom. The van der Waals surface area contributed by atoms with Gasteiger partial charge >= 0.3 is 6.18 Å². The molecule has 2 aromatic carbocycles. The topological polar surface area (TPSA) is 71.1 Å². The zero-order valence-electron chi connectivity index (χ0n) is 16.1. The number of carbonyl (C=O) groups is 2. The van der Waals surface area contributed by atoms with Gasteiger partial charge in [0.1, 0.15) is 10.7 Å². The summed E-state index contributed by atoms with van der Waals surface area (Å²) >= 11 is 11.7. The molecule has 3 aromatic rings. The molecule has 0 unspecified atom stereocenters. The third-order valence-electron chi connectivity index (χ3n) is 4.10. The number of nitrogens with one attached hydrogen (secondary N) is 2. The Morgan fingerprint density at radius 1 is 0.875 bits per heavy atom. The first-order valence-electron chi connectivity index (χ1n) is 9.00. The van der Waals surface area contributed by atoms with Gasteiger partial charge in [-0.15, -0.1) is 0 Å². The first-order chi connectivity index (χ1) is 15.1. The molecule has 0 aliphatic carbocycles. The number of halogens is 5. The molecular formula is C22H14Cl2F3N3O2. The number of benzene rings is 2. The Bertz CT molecular complexity index is 1180. The van der Waals surface area contributed by atoms with Gasteiger partial charge < -0.3 is 10.6 Å². The molecule has 0 saturated carbocycles. The average Bonchev–Trinajstić information content (AvgIpc) is 2.72. The quantitative estimate of drug-likeness (QED) is 0.202. The van der Waals surface area contributed by atoms with Crippen LogP contribution in [0.4, 0.5) is 24.5 Å². The first-order valence-corrected chi connectivity index (χ1v) is 9.76. The van der Waals surface area contributed by atoms with Gasteiger partial charge in [0.15, 0.2) is 0 Å². The van der Waals surface area contributed by atoms with E-state index in [-0.39, 0.29) is 22.1 Å². The third-order valence-corrected chi connectivity index (χ3v) is 4.56. The maximum absolute atomic E-state index is 13.0. The number of amides is 2. The number of hydrogen-bond donors (Lipinski definition) is 2. The fourth-order valence-corrected chi connectivity index (χ4v) is 2.91. The summed E-state index contributed by atoms with van der Waals surface area (Å²) in [6.07, 6.45) is -1.93. The molecule has 5 nitrogen and oxygen atoms in total. The van der Waals surface area contributed by atoms with Crippen molar-refractivity contribution in [2.45, 2.75) is 6.18 Å². The summed E-state index contributed by atoms with van der Waals surface area (Å²) < 4.78 is 38.9. The largest absolute Gasteiger partial charge is 0.416 e. The van der Waals surface area contributed by atoms with Crippen molar-refractivity contribution in [2.75, 3.05) is 10.6 Å². The van der Waals surface area contributed by atoms with Crippen LogP contribution in [-0.2, 0) is 15.8 Å². The summed E-state index contributed by atoms with van der Waals surface area (Å²) in [7, 11) is 0. The number of carbonyl (C=O) groups excluding carboxylic acids is 2. The summed E-state index contributed by atoms with van der Waals surface area (Å²) in [6.45, 7) is 0. The molecule has 164 valence electrons. The van der Waals surface area contributed by atoms with Crippen LogP contribution in [0.2, 0.25) is 10.2 Å². The Morgan fingerprint density at radius 2 is 1.50 bits per heavy atom. The van der Waals surface area contributed by atoms with E-state index < -0.39 is 23.6 Å². The van der Waals surface area contributed by atoms with E-state index >= 15 is 0 Å². The van der Waals surface area contributed by atoms with E-state index in [4.69, 9.17) is 23.2 Å². The minimum absolute atomic E-state index is 0.119. The lowest BCUT2D eigenvalue weighted by molar-refractivity contribution is -0.137. The fraction of sp³-hybridized carbons (Fsp3) is 0.0455. The van der Waals surface area contributed by atoms with E-state index in [2.05, 4.69) is 15.6 Å². The summed E-state index contributed by atoms with van der Waals surface area (Å²) in [6, 6.07) is 13.2. The minimum Gasteiger partial charge on any atom is -0.322 e. The number of rotatable bonds is 5. The van der Waals surface area contributed by atoms with Crippen LogP contribution in [-0.4, -0.2) is 16.8 Å². The second-order valence-corrected chi connectivity index (χ2v) is 7.29. The van der Waals surface area contributed by atoms with Crippen LogP contribution in [0.25, 0.3) is 6.08 Å². The molecule has 0 atom stereocenters. The second-order valence-electron chi connectivity index (χ2n) is 6.46. The van der Waals surface area contributed by atoms with E-state index in [1.54, 1.807) is 24.3 Å². The smallest absolute Gasteiger partial charge is 0.322 e. The Labute approximate surface area is 190 Å². The molecule has 2 N–H and O–H groups in total. The molecule has 0 fully saturated rings. The number of nitrogens with zero attached hydrogens (tertiary/aromatic N) is 1. The minimum atomic E-state index is -4.58. The lowest BCUT2D eigenvalue weighted by Gasteiger charge is -2.12. The van der Waals surface area contributed by atoms with Crippen molar-refractivity contribution >= 4 is 52.5 Å². The van der Waals surface area contributed by atoms with Crippen LogP contribution >= 0.6 is 23.2 Å². The van der Waals surface area contributed by atoms with Crippen LogP contribution in [0.1, 0.15) is 11.1 Å². The Balaban J connectivity index is 1.92. The summed E-state index contributed by atoms with van der Waals surface area (Å²) in [5.41, 5.74) is -0.644. The van der Waals surface area contributed by atoms with Crippen LogP contribution in [0.3, 0.4) is 0 Å². The van der Waals surface area contributed by atoms with Gasteiger partial charge in [-0.25, -0.2) is 4.98 Å². The molecule has 0 spiro atoms. The maximum Gasteiger partial charge on any atom is 0.416 e. The molecule has 3 rings (SSSR count). The summed E-state index contributed by atoms with van der Waals surface area (Å²) in [5, 5.41) is 5.43. The van der Waals surface area contributed by atoms with Crippen LogP contribution < -0.4 is 10.6 Å². The molecule has 0 saturated heterocycles. The zero-order chi connectivity index (χ0) is 23.3. The van der Waals surface area contributed by atoms with E-state index in [0.29, 0.717) is 10.6 Å². The van der Waals surface area contributed by atoms with Crippen LogP contribution in [0.5, 0.6) is 0 Å². The predicted octanol–water partition coefficient (Wildman–Crippen LogP) is 6.07. The highest BCUT2D eigenvalue weighted by molar-refractivity contribution is 6.31. The number of alkyl halides is 3. The highest BCUT2D eigenvalue weighted by atomic mass is 35.5. The normalized spacial score (nSPS) is 11.7. The Kier molecular flexibility index (Phi) is 7.17. The number of hydrogen-bond acceptors (Lipinski definition) is 3. The number of pyridine rings is 1. The van der Waals surface area contributed by atoms with Gasteiger partial charge in [-0.3, -0.25) is 9.59 Å². The Hall–Kier alpha value is -3.36. The molecule has 1 heterocycles. The molecule has 1 aromatic heterocycles. The third kappa shape index (κ3) is 6.32. The van der Waals surface area contributed by atoms with Gasteiger partial charge in [-0.05, 0) is 54.1 Å². The SMILES string of the molecule is O=C(Nc1cccc(C(F)(F)F)c1)/C(=C/c1ccc(Cl)cc1)C(=O)Nc1ccnc(Cl)c1. The highest BCUT2D eigenvalue weighted by Crippen LogP contribution is 2.30. The monoisotopic (exact) mass is 479 g/mol. The molecule has 0 radical (unpaired) electrons. The van der Waals surface area contributed by atoms with Crippen molar-refractivity contribution in [1.82, 2.24) is 4.98 Å². The van der Waals surface area contributed by atoms with E-state index in [9.17, 15) is 22.8 Å². The summed E-state index contributed by atoms with van der Waals surface area (Å²) in [4.78, 5) is 29.5. The number of aromatic nitrogens is 1. The lowest BCUT2D eigenvalue weighted by Crippen LogP contribution is -2.25. The van der Waals surface area contributed by atoms with Crippen molar-refractivity contribution < 1.29 is 22.8 Å². The highest BCUT2D eigenvalue weighted by Gasteiger charge is 2.30. The zero-order valence-corrected chi connectivity index (χ0v) is 17.6. The van der Waals surface area contributed by atoms with Gasteiger partial charge in [0, 0.05) is 22.6 Å². The average molecular weight is 480 g/mol. The second kappa shape index (κ2) is 9.84. The fourth-order valence-electron chi connectivity index (χ4n) is 2.61. The molecule has 0 bridgehead atoms. The van der Waals surface area contributed by atoms with Gasteiger partial charge in [0.2, 0.25) is 0 Å². The molecule has 0 aliphatic heterocycles. The maximum atomic E-state index is 13.0. The van der Waals surface area contributed by atoms with Gasteiger partial charge in [0.05, 0.1) is 5.56 Å². The van der Waals surface area contributed by atoms with Crippen molar-refractivity contribution in [3.8, 4) is 0 Å². The van der Waals surface area contributed by atoms with Crippen molar-refractivity contribution in [1.29, 1.82) is 0 Å². The standard InChI is InChI=1S/C22H14Cl2F3N3O2/c23-15-6-4-13(5-7-15)10-18(21(32)30-17-8-9-28-19(24)12-17)20(31)29-16-3-1-2-14(11-16)22(25,26)27/h1-12H,(H,29,31)(H,28,30,32)/b18-10-. The van der Waals surface area contributed by atoms with Crippen LogP contribution in [0.15, 0.2) is 72.4 Å². The molecular weight excluding hydrogens is 466 g/mol. The van der Waals surface area contributed by atoms with Crippen molar-refractivity contribution in [2.24, 2.45) is 0 Å². The van der Waals surface area contributed by atoms with Crippen LogP contribution in [0, 0.1) is 0 Å². The molecule has 10 heteroatoms. The van der Waals surface area contributed by atoms with Gasteiger partial charge in [-0.1, -0.05) is 41.4 Å². The first kappa shape index (κ1) is 23.3. The molecule has 0 aliphatic rings. The van der Waals surface area contributed by atoms with E-state index in [1.807, 2.05) is 0 Å². The van der Waals surface area contributed by atoms with Gasteiger partial charge in [-0.2, -0.15) is 13.2 Å². The van der Waals surface area contributed by atoms with E-state index in [1.165, 1.54) is 30.5 Å². The van der Waals surface area contributed by atoms with Gasteiger partial charge in [0.25, 0.3) is 11.8 Å². The van der Waals surface area contributed by atoms with E-state index in [0.717, 1.165) is 18.2 Å². The number of anilines is 2. The molecule has 32 heavy (non-hydrogen) atoms. The summed E-state index contributed by atoms with van der Waals surface area (Å²) in [5.74, 6) is -1.70. The van der Waals surface area contributed by atoms with Crippen molar-refractivity contribution in [3.63, 3.8) is 0 Å². The molecule has 2 amide bonds. The van der Waals surface area contributed by atoms with Crippen molar-refractivity contribution in [3.05, 3.63) is 93.7 Å².